The molecule has 44 heavy (non-hydrogen) atoms. The fourth-order valence-corrected chi connectivity index (χ4v) is 7.10. The third-order valence-corrected chi connectivity index (χ3v) is 10.2. The summed E-state index contributed by atoms with van der Waals surface area (Å²) in [5.74, 6) is 0.540. The van der Waals surface area contributed by atoms with Crippen LogP contribution >= 0.6 is 0 Å². The fraction of sp³-hybridized carbons (Fsp3) is 0.419. The number of benzene rings is 2. The second-order valence-corrected chi connectivity index (χ2v) is 13.1. The maximum atomic E-state index is 13.1. The van der Waals surface area contributed by atoms with Gasteiger partial charge in [0.2, 0.25) is 21.9 Å². The van der Waals surface area contributed by atoms with Gasteiger partial charge in [-0.2, -0.15) is 4.31 Å². The van der Waals surface area contributed by atoms with Crippen LogP contribution in [-0.4, -0.2) is 121 Å². The van der Waals surface area contributed by atoms with Gasteiger partial charge in [-0.05, 0) is 55.3 Å². The van der Waals surface area contributed by atoms with Gasteiger partial charge < -0.3 is 19.9 Å². The Balaban J connectivity index is 1.03. The molecule has 2 amide bonds. The number of carbonyl (C=O) groups excluding carboxylic acids is 2. The van der Waals surface area contributed by atoms with Crippen molar-refractivity contribution in [1.29, 1.82) is 0 Å². The number of hydrogen-bond acceptors (Lipinski definition) is 9. The van der Waals surface area contributed by atoms with Crippen molar-refractivity contribution in [2.24, 2.45) is 0 Å². The molecule has 3 saturated heterocycles. The minimum atomic E-state index is -3.57. The van der Waals surface area contributed by atoms with Gasteiger partial charge >= 0.3 is 0 Å². The van der Waals surface area contributed by atoms with Crippen molar-refractivity contribution in [3.63, 3.8) is 0 Å². The molecule has 0 unspecified atom stereocenters. The Morgan fingerprint density at radius 2 is 1.48 bits per heavy atom. The van der Waals surface area contributed by atoms with Crippen molar-refractivity contribution < 1.29 is 22.7 Å². The van der Waals surface area contributed by atoms with Gasteiger partial charge in [0.05, 0.1) is 30.3 Å². The summed E-state index contributed by atoms with van der Waals surface area (Å²) in [5.41, 5.74) is 2.73. The summed E-state index contributed by atoms with van der Waals surface area (Å²) in [6, 6.07) is 15.6. The largest absolute Gasteiger partial charge is 0.379 e. The number of piperazine rings is 1. The topological polar surface area (TPSA) is 128 Å². The first-order chi connectivity index (χ1) is 21.4. The standard InChI is InChI=1S/C31H37N7O5S/c39-29(36-13-1-2-14-36)23-35-15-17-37(18-16-35)30(40)25-3-7-26(8-4-25)33-31-32-12-11-28(34-31)24-5-9-27(10-6-24)44(41,42)38-19-21-43-22-20-38/h3-12H,1-2,13-23H2,(H,32,33,34). The molecule has 0 aliphatic carbocycles. The van der Waals surface area contributed by atoms with Crippen LogP contribution in [0.3, 0.4) is 0 Å². The highest BCUT2D eigenvalue weighted by Gasteiger charge is 2.27. The van der Waals surface area contributed by atoms with Crippen LogP contribution in [0.15, 0.2) is 65.7 Å². The Morgan fingerprint density at radius 3 is 2.16 bits per heavy atom. The maximum absolute atomic E-state index is 13.1. The zero-order valence-corrected chi connectivity index (χ0v) is 25.4. The normalized spacial score (nSPS) is 18.4. The molecule has 0 saturated carbocycles. The molecule has 0 atom stereocenters. The van der Waals surface area contributed by atoms with E-state index in [9.17, 15) is 18.0 Å². The molecular weight excluding hydrogens is 582 g/mol. The van der Waals surface area contributed by atoms with Crippen LogP contribution in [0.1, 0.15) is 23.2 Å². The predicted octanol–water partition coefficient (Wildman–Crippen LogP) is 2.29. The number of nitrogens with zero attached hydrogens (tertiary/aromatic N) is 6. The van der Waals surface area contributed by atoms with E-state index < -0.39 is 10.0 Å². The summed E-state index contributed by atoms with van der Waals surface area (Å²) >= 11 is 0. The molecule has 3 fully saturated rings. The van der Waals surface area contributed by atoms with E-state index in [0.717, 1.165) is 37.2 Å². The van der Waals surface area contributed by atoms with Crippen LogP contribution in [0.4, 0.5) is 11.6 Å². The van der Waals surface area contributed by atoms with Crippen molar-refractivity contribution in [1.82, 2.24) is 29.0 Å². The smallest absolute Gasteiger partial charge is 0.253 e. The second-order valence-electron chi connectivity index (χ2n) is 11.2. The maximum Gasteiger partial charge on any atom is 0.253 e. The number of amides is 2. The molecule has 0 radical (unpaired) electrons. The summed E-state index contributed by atoms with van der Waals surface area (Å²) in [6.45, 7) is 6.18. The molecule has 4 heterocycles. The van der Waals surface area contributed by atoms with E-state index in [-0.39, 0.29) is 16.7 Å². The van der Waals surface area contributed by atoms with Crippen molar-refractivity contribution in [2.75, 3.05) is 77.4 Å². The molecule has 12 nitrogen and oxygen atoms in total. The molecule has 13 heteroatoms. The van der Waals surface area contributed by atoms with E-state index in [0.29, 0.717) is 76.2 Å². The molecule has 232 valence electrons. The van der Waals surface area contributed by atoms with Crippen molar-refractivity contribution in [3.8, 4) is 11.3 Å². The van der Waals surface area contributed by atoms with Crippen molar-refractivity contribution in [2.45, 2.75) is 17.7 Å². The molecule has 6 rings (SSSR count). The number of anilines is 2. The molecule has 3 aliphatic rings. The first-order valence-corrected chi connectivity index (χ1v) is 16.5. The highest BCUT2D eigenvalue weighted by atomic mass is 32.2. The SMILES string of the molecule is O=C(CN1CCN(C(=O)c2ccc(Nc3nccc(-c4ccc(S(=O)(=O)N5CCOCC5)cc4)n3)cc2)CC1)N1CCCC1. The zero-order valence-electron chi connectivity index (χ0n) is 24.6. The van der Waals surface area contributed by atoms with Crippen molar-refractivity contribution >= 4 is 33.5 Å². The molecular formula is C31H37N7O5S. The van der Waals surface area contributed by atoms with E-state index in [1.807, 2.05) is 21.9 Å². The first-order valence-electron chi connectivity index (χ1n) is 15.0. The van der Waals surface area contributed by atoms with E-state index in [1.165, 1.54) is 4.31 Å². The number of aromatic nitrogens is 2. The minimum Gasteiger partial charge on any atom is -0.379 e. The summed E-state index contributed by atoms with van der Waals surface area (Å²) in [6.07, 6.45) is 3.81. The van der Waals surface area contributed by atoms with Gasteiger partial charge in [-0.1, -0.05) is 12.1 Å². The Labute approximate surface area is 257 Å². The summed E-state index contributed by atoms with van der Waals surface area (Å²) in [7, 11) is -3.57. The van der Waals surface area contributed by atoms with Gasteiger partial charge in [0.25, 0.3) is 5.91 Å². The van der Waals surface area contributed by atoms with E-state index in [1.54, 1.807) is 48.7 Å². The minimum absolute atomic E-state index is 0.0283. The van der Waals surface area contributed by atoms with E-state index in [2.05, 4.69) is 20.2 Å². The Morgan fingerprint density at radius 1 is 0.795 bits per heavy atom. The average Bonchev–Trinajstić information content (AvgIpc) is 3.62. The van der Waals surface area contributed by atoms with Crippen LogP contribution in [0.5, 0.6) is 0 Å². The summed E-state index contributed by atoms with van der Waals surface area (Å²) in [4.78, 5) is 40.6. The van der Waals surface area contributed by atoms with Crippen LogP contribution in [-0.2, 0) is 19.6 Å². The van der Waals surface area contributed by atoms with Gasteiger partial charge in [0.15, 0.2) is 0 Å². The number of ether oxygens (including phenoxy) is 1. The fourth-order valence-electron chi connectivity index (χ4n) is 5.69. The molecule has 0 spiro atoms. The Bertz CT molecular complexity index is 1560. The summed E-state index contributed by atoms with van der Waals surface area (Å²) in [5, 5.41) is 3.18. The average molecular weight is 620 g/mol. The molecule has 0 bridgehead atoms. The lowest BCUT2D eigenvalue weighted by Gasteiger charge is -2.35. The molecule has 2 aromatic carbocycles. The predicted molar refractivity (Wildman–Crippen MR) is 165 cm³/mol. The third kappa shape index (κ3) is 6.91. The highest BCUT2D eigenvalue weighted by molar-refractivity contribution is 7.89. The van der Waals surface area contributed by atoms with Gasteiger partial charge in [0.1, 0.15) is 0 Å². The number of likely N-dealkylation sites (tertiary alicyclic amines) is 1. The number of morpholine rings is 1. The quantitative estimate of drug-likeness (QED) is 0.404. The lowest BCUT2D eigenvalue weighted by Crippen LogP contribution is -2.51. The lowest BCUT2D eigenvalue weighted by atomic mass is 10.1. The number of carbonyl (C=O) groups is 2. The highest BCUT2D eigenvalue weighted by Crippen LogP contribution is 2.24. The van der Waals surface area contributed by atoms with E-state index in [4.69, 9.17) is 4.74 Å². The Kier molecular flexibility index (Phi) is 9.17. The first kappa shape index (κ1) is 30.1. The monoisotopic (exact) mass is 619 g/mol. The van der Waals surface area contributed by atoms with Crippen LogP contribution in [0.25, 0.3) is 11.3 Å². The van der Waals surface area contributed by atoms with E-state index >= 15 is 0 Å². The van der Waals surface area contributed by atoms with Gasteiger partial charge in [-0.3, -0.25) is 14.5 Å². The summed E-state index contributed by atoms with van der Waals surface area (Å²) < 4.78 is 32.6. The third-order valence-electron chi connectivity index (χ3n) is 8.28. The van der Waals surface area contributed by atoms with Crippen LogP contribution < -0.4 is 5.32 Å². The molecule has 3 aliphatic heterocycles. The van der Waals surface area contributed by atoms with Crippen LogP contribution in [0, 0.1) is 0 Å². The van der Waals surface area contributed by atoms with Gasteiger partial charge in [0, 0.05) is 75.4 Å². The van der Waals surface area contributed by atoms with Crippen LogP contribution in [0.2, 0.25) is 0 Å². The number of rotatable bonds is 8. The zero-order chi connectivity index (χ0) is 30.5. The van der Waals surface area contributed by atoms with Gasteiger partial charge in [-0.15, -0.1) is 0 Å². The second kappa shape index (κ2) is 13.4. The number of sulfonamides is 1. The van der Waals surface area contributed by atoms with Crippen molar-refractivity contribution in [3.05, 3.63) is 66.4 Å². The number of hydrogen-bond donors (Lipinski definition) is 1. The molecule has 3 aromatic rings. The lowest BCUT2D eigenvalue weighted by molar-refractivity contribution is -0.131. The Hall–Kier alpha value is -3.91. The number of nitrogens with one attached hydrogen (secondary N) is 1. The molecule has 1 aromatic heterocycles. The van der Waals surface area contributed by atoms with Gasteiger partial charge in [-0.25, -0.2) is 18.4 Å². The molecule has 1 N–H and O–H groups in total.